The first kappa shape index (κ1) is 14.6. The maximum absolute atomic E-state index is 11.7. The molecule has 0 aliphatic rings. The number of nitrogens with zero attached hydrogens (tertiary/aromatic N) is 1. The molecule has 1 atom stereocenters. The normalized spacial score (nSPS) is 11.6. The summed E-state index contributed by atoms with van der Waals surface area (Å²) in [5.41, 5.74) is 7.40. The summed E-state index contributed by atoms with van der Waals surface area (Å²) in [6.45, 7) is 0. The highest BCUT2D eigenvalue weighted by Crippen LogP contribution is 2.10. The predicted molar refractivity (Wildman–Crippen MR) is 75.4 cm³/mol. The van der Waals surface area contributed by atoms with Crippen LogP contribution in [-0.2, 0) is 11.2 Å². The molecule has 0 aliphatic carbocycles. The van der Waals surface area contributed by atoms with Crippen LogP contribution in [0.5, 0.6) is 0 Å². The Hall–Kier alpha value is -1.51. The Morgan fingerprint density at radius 3 is 2.72 bits per heavy atom. The molecule has 0 unspecified atom stereocenters. The van der Waals surface area contributed by atoms with Crippen molar-refractivity contribution < 1.29 is 4.79 Å². The molecule has 1 amide bonds. The number of nitrogens with one attached hydrogen (secondary N) is 1. The zero-order chi connectivity index (χ0) is 13.4. The van der Waals surface area contributed by atoms with Crippen LogP contribution in [0.15, 0.2) is 24.3 Å². The van der Waals surface area contributed by atoms with E-state index in [2.05, 4.69) is 11.4 Å². The first-order chi connectivity index (χ1) is 8.67. The van der Waals surface area contributed by atoms with Crippen molar-refractivity contribution in [1.82, 2.24) is 0 Å². The quantitative estimate of drug-likeness (QED) is 0.820. The Morgan fingerprint density at radius 1 is 1.50 bits per heavy atom. The van der Waals surface area contributed by atoms with Crippen molar-refractivity contribution in [1.29, 1.82) is 5.26 Å². The topological polar surface area (TPSA) is 78.9 Å². The van der Waals surface area contributed by atoms with Crippen molar-refractivity contribution in [3.63, 3.8) is 0 Å². The standard InChI is InChI=1S/C13H17N3OS/c1-18-9-7-12(15)13(17)16-11-4-2-10(3-5-11)6-8-14/h2-5,12H,6-7,9,15H2,1H3,(H,16,17)/t12-/m0/s1. The summed E-state index contributed by atoms with van der Waals surface area (Å²) < 4.78 is 0. The van der Waals surface area contributed by atoms with E-state index in [0.29, 0.717) is 18.5 Å². The van der Waals surface area contributed by atoms with Gasteiger partial charge in [-0.2, -0.15) is 17.0 Å². The zero-order valence-electron chi connectivity index (χ0n) is 10.3. The molecule has 0 aromatic heterocycles. The fourth-order valence-electron chi connectivity index (χ4n) is 1.41. The largest absolute Gasteiger partial charge is 0.325 e. The highest BCUT2D eigenvalue weighted by atomic mass is 32.2. The van der Waals surface area contributed by atoms with Gasteiger partial charge >= 0.3 is 0 Å². The van der Waals surface area contributed by atoms with E-state index < -0.39 is 6.04 Å². The van der Waals surface area contributed by atoms with E-state index in [0.717, 1.165) is 11.3 Å². The van der Waals surface area contributed by atoms with Gasteiger partial charge in [-0.1, -0.05) is 12.1 Å². The molecule has 4 nitrogen and oxygen atoms in total. The molecule has 18 heavy (non-hydrogen) atoms. The molecule has 0 radical (unpaired) electrons. The highest BCUT2D eigenvalue weighted by Gasteiger charge is 2.12. The summed E-state index contributed by atoms with van der Waals surface area (Å²) in [5.74, 6) is 0.701. The second-order valence-electron chi connectivity index (χ2n) is 3.91. The number of nitrogens with two attached hydrogens (primary N) is 1. The molecule has 0 aliphatic heterocycles. The molecule has 0 saturated carbocycles. The predicted octanol–water partition coefficient (Wildman–Crippen LogP) is 1.77. The van der Waals surface area contributed by atoms with Gasteiger partial charge in [0.2, 0.25) is 5.91 Å². The number of hydrogen-bond donors (Lipinski definition) is 2. The van der Waals surface area contributed by atoms with E-state index in [1.165, 1.54) is 0 Å². The summed E-state index contributed by atoms with van der Waals surface area (Å²) >= 11 is 1.67. The van der Waals surface area contributed by atoms with Crippen molar-refractivity contribution in [2.24, 2.45) is 5.73 Å². The van der Waals surface area contributed by atoms with Crippen molar-refractivity contribution >= 4 is 23.4 Å². The first-order valence-electron chi connectivity index (χ1n) is 5.68. The molecule has 0 fully saturated rings. The van der Waals surface area contributed by atoms with Gasteiger partial charge in [-0.15, -0.1) is 0 Å². The molecule has 5 heteroatoms. The second kappa shape index (κ2) is 7.75. The number of nitriles is 1. The van der Waals surface area contributed by atoms with Gasteiger partial charge in [-0.3, -0.25) is 4.79 Å². The van der Waals surface area contributed by atoms with E-state index in [1.807, 2.05) is 18.4 Å². The summed E-state index contributed by atoms with van der Waals surface area (Å²) in [4.78, 5) is 11.7. The van der Waals surface area contributed by atoms with Gasteiger partial charge < -0.3 is 11.1 Å². The van der Waals surface area contributed by atoms with Gasteiger partial charge in [0.25, 0.3) is 0 Å². The minimum Gasteiger partial charge on any atom is -0.325 e. The van der Waals surface area contributed by atoms with Crippen LogP contribution >= 0.6 is 11.8 Å². The van der Waals surface area contributed by atoms with Crippen molar-refractivity contribution in [2.45, 2.75) is 18.9 Å². The van der Waals surface area contributed by atoms with Crippen molar-refractivity contribution in [3.05, 3.63) is 29.8 Å². The van der Waals surface area contributed by atoms with Gasteiger partial charge in [0.15, 0.2) is 0 Å². The Labute approximate surface area is 112 Å². The minimum absolute atomic E-state index is 0.169. The minimum atomic E-state index is -0.476. The molecular formula is C13H17N3OS. The molecule has 0 heterocycles. The molecule has 0 saturated heterocycles. The van der Waals surface area contributed by atoms with E-state index in [4.69, 9.17) is 11.0 Å². The van der Waals surface area contributed by atoms with Crippen LogP contribution in [0, 0.1) is 11.3 Å². The first-order valence-corrected chi connectivity index (χ1v) is 7.08. The molecule has 3 N–H and O–H groups in total. The maximum Gasteiger partial charge on any atom is 0.241 e. The average molecular weight is 263 g/mol. The summed E-state index contributed by atoms with van der Waals surface area (Å²) in [5, 5.41) is 11.3. The van der Waals surface area contributed by atoms with Crippen LogP contribution in [0.25, 0.3) is 0 Å². The smallest absolute Gasteiger partial charge is 0.241 e. The lowest BCUT2D eigenvalue weighted by molar-refractivity contribution is -0.117. The van der Waals surface area contributed by atoms with Gasteiger partial charge in [0.1, 0.15) is 0 Å². The van der Waals surface area contributed by atoms with Crippen LogP contribution in [-0.4, -0.2) is 24.0 Å². The van der Waals surface area contributed by atoms with Gasteiger partial charge in [-0.25, -0.2) is 0 Å². The number of hydrogen-bond acceptors (Lipinski definition) is 4. The van der Waals surface area contributed by atoms with E-state index >= 15 is 0 Å². The number of rotatable bonds is 6. The molecule has 1 aromatic carbocycles. The lowest BCUT2D eigenvalue weighted by atomic mass is 10.1. The van der Waals surface area contributed by atoms with Crippen molar-refractivity contribution in [3.8, 4) is 6.07 Å². The number of anilines is 1. The Morgan fingerprint density at radius 2 is 2.17 bits per heavy atom. The van der Waals surface area contributed by atoms with Crippen LogP contribution < -0.4 is 11.1 Å². The third kappa shape index (κ3) is 4.78. The van der Waals surface area contributed by atoms with Gasteiger partial charge in [0, 0.05) is 5.69 Å². The summed E-state index contributed by atoms with van der Waals surface area (Å²) in [6.07, 6.45) is 3.03. The van der Waals surface area contributed by atoms with Gasteiger partial charge in [-0.05, 0) is 36.1 Å². The van der Waals surface area contributed by atoms with Crippen molar-refractivity contribution in [2.75, 3.05) is 17.3 Å². The highest BCUT2D eigenvalue weighted by molar-refractivity contribution is 7.98. The Balaban J connectivity index is 2.51. The fraction of sp³-hybridized carbons (Fsp3) is 0.385. The number of carbonyl (C=O) groups is 1. The zero-order valence-corrected chi connectivity index (χ0v) is 11.2. The fourth-order valence-corrected chi connectivity index (χ4v) is 1.90. The Bertz CT molecular complexity index is 425. The third-order valence-corrected chi connectivity index (χ3v) is 3.12. The third-order valence-electron chi connectivity index (χ3n) is 2.47. The summed E-state index contributed by atoms with van der Waals surface area (Å²) in [6, 6.07) is 8.82. The number of benzene rings is 1. The number of carbonyl (C=O) groups excluding carboxylic acids is 1. The lowest BCUT2D eigenvalue weighted by Gasteiger charge is -2.11. The number of thioether (sulfide) groups is 1. The molecule has 1 rings (SSSR count). The van der Waals surface area contributed by atoms with Crippen LogP contribution in [0.3, 0.4) is 0 Å². The molecule has 1 aromatic rings. The van der Waals surface area contributed by atoms with E-state index in [9.17, 15) is 4.79 Å². The lowest BCUT2D eigenvalue weighted by Crippen LogP contribution is -2.36. The second-order valence-corrected chi connectivity index (χ2v) is 4.89. The monoisotopic (exact) mass is 263 g/mol. The SMILES string of the molecule is CSCC[C@H](N)C(=O)Nc1ccc(CC#N)cc1. The Kier molecular flexibility index (Phi) is 6.26. The number of amides is 1. The molecule has 0 spiro atoms. The molecule has 0 bridgehead atoms. The average Bonchev–Trinajstić information content (AvgIpc) is 2.38. The van der Waals surface area contributed by atoms with Gasteiger partial charge in [0.05, 0.1) is 18.5 Å². The summed E-state index contributed by atoms with van der Waals surface area (Å²) in [7, 11) is 0. The van der Waals surface area contributed by atoms with E-state index in [-0.39, 0.29) is 5.91 Å². The van der Waals surface area contributed by atoms with Crippen LogP contribution in [0.1, 0.15) is 12.0 Å². The van der Waals surface area contributed by atoms with Crippen LogP contribution in [0.2, 0.25) is 0 Å². The molecular weight excluding hydrogens is 246 g/mol. The van der Waals surface area contributed by atoms with Crippen LogP contribution in [0.4, 0.5) is 5.69 Å². The molecule has 96 valence electrons. The maximum atomic E-state index is 11.7. The van der Waals surface area contributed by atoms with E-state index in [1.54, 1.807) is 23.9 Å².